The lowest BCUT2D eigenvalue weighted by Crippen LogP contribution is -2.26. The standard InChI is InChI=1S/C9H9I2NO3/c10-5-3-6(8(14)7(11)4-5)9(15)12-1-2-13/h3-4,13-14H,1-2H2,(H,12,15). The molecule has 0 fully saturated rings. The highest BCUT2D eigenvalue weighted by Gasteiger charge is 2.13. The molecule has 0 aliphatic carbocycles. The van der Waals surface area contributed by atoms with Crippen LogP contribution in [0.15, 0.2) is 12.1 Å². The Kier molecular flexibility index (Phi) is 5.06. The van der Waals surface area contributed by atoms with Crippen LogP contribution in [0.1, 0.15) is 10.4 Å². The molecule has 6 heteroatoms. The lowest BCUT2D eigenvalue weighted by molar-refractivity contribution is 0.0942. The van der Waals surface area contributed by atoms with E-state index >= 15 is 0 Å². The summed E-state index contributed by atoms with van der Waals surface area (Å²) in [6, 6.07) is 3.38. The van der Waals surface area contributed by atoms with Crippen LogP contribution in [0.5, 0.6) is 5.75 Å². The van der Waals surface area contributed by atoms with E-state index in [0.717, 1.165) is 3.57 Å². The van der Waals surface area contributed by atoms with Crippen LogP contribution in [0.2, 0.25) is 0 Å². The smallest absolute Gasteiger partial charge is 0.255 e. The summed E-state index contributed by atoms with van der Waals surface area (Å²) in [5, 5.41) is 20.7. The maximum absolute atomic E-state index is 11.5. The number of phenols is 1. The Bertz CT molecular complexity index is 382. The Hall–Kier alpha value is -0.0900. The molecule has 0 unspecified atom stereocenters. The first-order valence-corrected chi connectivity index (χ1v) is 6.29. The van der Waals surface area contributed by atoms with E-state index in [2.05, 4.69) is 27.9 Å². The molecule has 82 valence electrons. The number of aliphatic hydroxyl groups is 1. The van der Waals surface area contributed by atoms with Gasteiger partial charge < -0.3 is 15.5 Å². The van der Waals surface area contributed by atoms with Crippen molar-refractivity contribution in [1.82, 2.24) is 5.32 Å². The summed E-state index contributed by atoms with van der Waals surface area (Å²) in [4.78, 5) is 11.5. The van der Waals surface area contributed by atoms with Gasteiger partial charge >= 0.3 is 0 Å². The van der Waals surface area contributed by atoms with Crippen LogP contribution in [0.3, 0.4) is 0 Å². The van der Waals surface area contributed by atoms with Crippen LogP contribution in [0, 0.1) is 7.14 Å². The fourth-order valence-electron chi connectivity index (χ4n) is 1.00. The SMILES string of the molecule is O=C(NCCO)c1cc(I)cc(I)c1O. The highest BCUT2D eigenvalue weighted by Crippen LogP contribution is 2.26. The van der Waals surface area contributed by atoms with Gasteiger partial charge in [0, 0.05) is 10.1 Å². The largest absolute Gasteiger partial charge is 0.506 e. The van der Waals surface area contributed by atoms with Crippen LogP contribution in [-0.4, -0.2) is 29.3 Å². The van der Waals surface area contributed by atoms with E-state index in [1.807, 2.05) is 22.6 Å². The van der Waals surface area contributed by atoms with Gasteiger partial charge in [-0.3, -0.25) is 4.79 Å². The van der Waals surface area contributed by atoms with Gasteiger partial charge in [0.1, 0.15) is 5.75 Å². The second kappa shape index (κ2) is 5.85. The summed E-state index contributed by atoms with van der Waals surface area (Å²) in [5.74, 6) is -0.399. The maximum atomic E-state index is 11.5. The molecule has 1 amide bonds. The first kappa shape index (κ1) is 13.0. The summed E-state index contributed by atoms with van der Waals surface area (Å²) in [5.41, 5.74) is 0.236. The van der Waals surface area contributed by atoms with Gasteiger partial charge in [-0.15, -0.1) is 0 Å². The Morgan fingerprint density at radius 3 is 2.67 bits per heavy atom. The van der Waals surface area contributed by atoms with E-state index in [-0.39, 0.29) is 30.4 Å². The number of phenolic OH excluding ortho intramolecular Hbond substituents is 1. The third-order valence-electron chi connectivity index (χ3n) is 1.67. The number of carbonyl (C=O) groups excluding carboxylic acids is 1. The van der Waals surface area contributed by atoms with E-state index in [4.69, 9.17) is 5.11 Å². The van der Waals surface area contributed by atoms with Gasteiger partial charge in [0.2, 0.25) is 0 Å². The number of amides is 1. The Labute approximate surface area is 114 Å². The van der Waals surface area contributed by atoms with Crippen molar-refractivity contribution in [2.24, 2.45) is 0 Å². The van der Waals surface area contributed by atoms with Crippen molar-refractivity contribution in [2.45, 2.75) is 0 Å². The van der Waals surface area contributed by atoms with Crippen LogP contribution in [0.4, 0.5) is 0 Å². The highest BCUT2D eigenvalue weighted by molar-refractivity contribution is 14.1. The summed E-state index contributed by atoms with van der Waals surface area (Å²) in [6.07, 6.45) is 0. The third kappa shape index (κ3) is 3.45. The highest BCUT2D eigenvalue weighted by atomic mass is 127. The number of hydrogen-bond donors (Lipinski definition) is 3. The summed E-state index contributed by atoms with van der Waals surface area (Å²) in [6.45, 7) is 0.0633. The number of carbonyl (C=O) groups is 1. The van der Waals surface area contributed by atoms with Gasteiger partial charge in [0.05, 0.1) is 15.7 Å². The van der Waals surface area contributed by atoms with Gasteiger partial charge in [0.25, 0.3) is 5.91 Å². The van der Waals surface area contributed by atoms with Crippen LogP contribution >= 0.6 is 45.2 Å². The topological polar surface area (TPSA) is 69.6 Å². The number of benzene rings is 1. The van der Waals surface area contributed by atoms with E-state index in [9.17, 15) is 9.90 Å². The normalized spacial score (nSPS) is 10.1. The minimum absolute atomic E-state index is 0.0218. The zero-order chi connectivity index (χ0) is 11.4. The predicted molar refractivity (Wildman–Crippen MR) is 73.0 cm³/mol. The Morgan fingerprint density at radius 2 is 2.07 bits per heavy atom. The van der Waals surface area contributed by atoms with Crippen LogP contribution in [-0.2, 0) is 0 Å². The lowest BCUT2D eigenvalue weighted by Gasteiger charge is -2.07. The summed E-state index contributed by atoms with van der Waals surface area (Å²) >= 11 is 4.04. The Balaban J connectivity index is 2.98. The molecule has 0 aliphatic heterocycles. The zero-order valence-electron chi connectivity index (χ0n) is 7.63. The molecule has 0 bridgehead atoms. The van der Waals surface area contributed by atoms with Gasteiger partial charge in [-0.1, -0.05) is 0 Å². The number of rotatable bonds is 3. The molecule has 0 heterocycles. The van der Waals surface area contributed by atoms with Crippen molar-refractivity contribution in [3.05, 3.63) is 24.8 Å². The summed E-state index contributed by atoms with van der Waals surface area (Å²) in [7, 11) is 0. The average molecular weight is 433 g/mol. The molecule has 1 aromatic carbocycles. The monoisotopic (exact) mass is 433 g/mol. The molecule has 4 nitrogen and oxygen atoms in total. The van der Waals surface area contributed by atoms with Crippen molar-refractivity contribution in [3.63, 3.8) is 0 Å². The molecule has 1 rings (SSSR count). The van der Waals surface area contributed by atoms with Gasteiger partial charge in [-0.05, 0) is 57.3 Å². The van der Waals surface area contributed by atoms with Crippen molar-refractivity contribution in [3.8, 4) is 5.75 Å². The zero-order valence-corrected chi connectivity index (χ0v) is 11.9. The third-order valence-corrected chi connectivity index (χ3v) is 3.12. The fraction of sp³-hybridized carbons (Fsp3) is 0.222. The second-order valence-electron chi connectivity index (χ2n) is 2.76. The molecule has 0 aliphatic rings. The molecule has 0 atom stereocenters. The molecule has 0 spiro atoms. The average Bonchev–Trinajstić information content (AvgIpc) is 2.19. The minimum atomic E-state index is -0.377. The molecule has 1 aromatic rings. The van der Waals surface area contributed by atoms with E-state index in [1.165, 1.54) is 0 Å². The number of aliphatic hydroxyl groups excluding tert-OH is 1. The van der Waals surface area contributed by atoms with Crippen molar-refractivity contribution in [2.75, 3.05) is 13.2 Å². The maximum Gasteiger partial charge on any atom is 0.255 e. The number of nitrogens with one attached hydrogen (secondary N) is 1. The number of halogens is 2. The van der Waals surface area contributed by atoms with Crippen LogP contribution in [0.25, 0.3) is 0 Å². The molecule has 0 aromatic heterocycles. The van der Waals surface area contributed by atoms with E-state index in [0.29, 0.717) is 3.57 Å². The number of aromatic hydroxyl groups is 1. The first-order chi connectivity index (χ1) is 7.06. The molecular weight excluding hydrogens is 424 g/mol. The first-order valence-electron chi connectivity index (χ1n) is 4.13. The van der Waals surface area contributed by atoms with Crippen molar-refractivity contribution >= 4 is 51.1 Å². The minimum Gasteiger partial charge on any atom is -0.506 e. The second-order valence-corrected chi connectivity index (χ2v) is 5.17. The molecule has 0 saturated carbocycles. The van der Waals surface area contributed by atoms with Crippen LogP contribution < -0.4 is 5.32 Å². The summed E-state index contributed by atoms with van der Waals surface area (Å²) < 4.78 is 1.51. The van der Waals surface area contributed by atoms with Crippen molar-refractivity contribution in [1.29, 1.82) is 0 Å². The predicted octanol–water partition coefficient (Wildman–Crippen LogP) is 1.32. The molecular formula is C9H9I2NO3. The fourth-order valence-corrected chi connectivity index (χ4v) is 2.85. The molecule has 0 radical (unpaired) electrons. The molecule has 0 saturated heterocycles. The van der Waals surface area contributed by atoms with E-state index in [1.54, 1.807) is 12.1 Å². The van der Waals surface area contributed by atoms with E-state index < -0.39 is 0 Å². The van der Waals surface area contributed by atoms with Gasteiger partial charge in [0.15, 0.2) is 0 Å². The lowest BCUT2D eigenvalue weighted by atomic mass is 10.2. The van der Waals surface area contributed by atoms with Gasteiger partial charge in [-0.25, -0.2) is 0 Å². The molecule has 3 N–H and O–H groups in total. The number of hydrogen-bond acceptors (Lipinski definition) is 3. The van der Waals surface area contributed by atoms with Gasteiger partial charge in [-0.2, -0.15) is 0 Å². The molecule has 15 heavy (non-hydrogen) atoms. The van der Waals surface area contributed by atoms with Crippen molar-refractivity contribution < 1.29 is 15.0 Å². The quantitative estimate of drug-likeness (QED) is 0.631. The Morgan fingerprint density at radius 1 is 1.40 bits per heavy atom.